The number of hydrogen-bond donors (Lipinski definition) is 2. The molecule has 0 amide bonds. The molecule has 0 aliphatic heterocycles. The Hall–Kier alpha value is -3.48. The molecular weight excluding hydrogens is 338 g/mol. The average molecular weight is 359 g/mol. The molecule has 0 spiro atoms. The number of aromatic nitrogens is 4. The van der Waals surface area contributed by atoms with E-state index in [1.165, 1.54) is 21.9 Å². The highest BCUT2D eigenvalue weighted by molar-refractivity contribution is 5.89. The van der Waals surface area contributed by atoms with Gasteiger partial charge in [0, 0.05) is 13.2 Å². The summed E-state index contributed by atoms with van der Waals surface area (Å²) in [6, 6.07) is 12.8. The first kappa shape index (κ1) is 17.0. The van der Waals surface area contributed by atoms with Gasteiger partial charge in [-0.3, -0.25) is 0 Å². The van der Waals surface area contributed by atoms with Crippen LogP contribution in [0.4, 0.5) is 17.7 Å². The molecule has 1 unspecified atom stereocenters. The Morgan fingerprint density at radius 2 is 1.67 bits per heavy atom. The maximum atomic E-state index is 5.89. The van der Waals surface area contributed by atoms with E-state index in [0.29, 0.717) is 17.0 Å². The number of rotatable bonds is 3. The van der Waals surface area contributed by atoms with Gasteiger partial charge in [0.25, 0.3) is 0 Å². The van der Waals surface area contributed by atoms with Crippen molar-refractivity contribution in [2.24, 2.45) is 0 Å². The van der Waals surface area contributed by atoms with E-state index >= 15 is 0 Å². The highest BCUT2D eigenvalue weighted by Gasteiger charge is 2.18. The molecule has 2 aromatic heterocycles. The van der Waals surface area contributed by atoms with Crippen molar-refractivity contribution in [3.63, 3.8) is 0 Å². The van der Waals surface area contributed by atoms with E-state index in [4.69, 9.17) is 11.5 Å². The van der Waals surface area contributed by atoms with Crippen molar-refractivity contribution in [3.05, 3.63) is 53.7 Å². The van der Waals surface area contributed by atoms with Gasteiger partial charge in [-0.1, -0.05) is 36.4 Å². The lowest BCUT2D eigenvalue weighted by atomic mass is 9.96. The van der Waals surface area contributed by atoms with Crippen molar-refractivity contribution in [1.82, 2.24) is 19.9 Å². The molecule has 4 N–H and O–H groups in total. The van der Waals surface area contributed by atoms with Gasteiger partial charge in [-0.2, -0.15) is 15.0 Å². The van der Waals surface area contributed by atoms with E-state index in [0.717, 1.165) is 0 Å². The molecule has 0 aliphatic carbocycles. The molecule has 7 nitrogen and oxygen atoms in total. The fraction of sp³-hybridized carbons (Fsp3) is 0.200. The monoisotopic (exact) mass is 359 g/mol. The van der Waals surface area contributed by atoms with Gasteiger partial charge in [-0.25, -0.2) is 4.98 Å². The molecule has 7 heteroatoms. The van der Waals surface area contributed by atoms with Crippen molar-refractivity contribution in [3.8, 4) is 0 Å². The predicted octanol–water partition coefficient (Wildman–Crippen LogP) is 3.24. The topological polar surface area (TPSA) is 107 Å². The Bertz CT molecular complexity index is 1160. The molecular formula is C20H21N7. The zero-order valence-electron chi connectivity index (χ0n) is 15.5. The van der Waals surface area contributed by atoms with Gasteiger partial charge in [0.15, 0.2) is 5.65 Å². The van der Waals surface area contributed by atoms with Crippen LogP contribution in [0.25, 0.3) is 21.8 Å². The first-order chi connectivity index (χ1) is 13.0. The SMILES string of the molecule is Cc1ccc(C(C)N(C)c2ncc3c(N)nc(N)nc3n2)c2ccccc12. The number of nitrogens with zero attached hydrogens (tertiary/aromatic N) is 5. The van der Waals surface area contributed by atoms with Gasteiger partial charge in [0.1, 0.15) is 5.82 Å². The van der Waals surface area contributed by atoms with Crippen molar-refractivity contribution in [1.29, 1.82) is 0 Å². The summed E-state index contributed by atoms with van der Waals surface area (Å²) in [6.07, 6.45) is 1.64. The number of nitrogens with two attached hydrogens (primary N) is 2. The van der Waals surface area contributed by atoms with Gasteiger partial charge in [-0.15, -0.1) is 0 Å². The summed E-state index contributed by atoms with van der Waals surface area (Å²) < 4.78 is 0. The summed E-state index contributed by atoms with van der Waals surface area (Å²) >= 11 is 0. The second-order valence-corrected chi connectivity index (χ2v) is 6.68. The minimum absolute atomic E-state index is 0.0597. The number of anilines is 3. The first-order valence-corrected chi connectivity index (χ1v) is 8.72. The molecule has 2 aromatic carbocycles. The van der Waals surface area contributed by atoms with Crippen LogP contribution in [-0.2, 0) is 0 Å². The number of hydrogen-bond acceptors (Lipinski definition) is 7. The summed E-state index contributed by atoms with van der Waals surface area (Å²) in [6.45, 7) is 4.26. The van der Waals surface area contributed by atoms with Crippen LogP contribution in [0.5, 0.6) is 0 Å². The third kappa shape index (κ3) is 2.87. The number of nitrogen functional groups attached to an aromatic ring is 2. The van der Waals surface area contributed by atoms with E-state index in [-0.39, 0.29) is 17.8 Å². The third-order valence-electron chi connectivity index (χ3n) is 5.01. The summed E-state index contributed by atoms with van der Waals surface area (Å²) in [5, 5.41) is 3.08. The van der Waals surface area contributed by atoms with E-state index in [1.807, 2.05) is 11.9 Å². The standard InChI is InChI=1S/C20H21N7/c1-11-8-9-14(15-7-5-4-6-13(11)15)12(2)27(3)20-23-10-16-17(21)24-19(22)25-18(16)26-20/h4-10,12H,1-3H3,(H4,21,22,23,24,25,26). The van der Waals surface area contributed by atoms with Crippen LogP contribution in [0.3, 0.4) is 0 Å². The fourth-order valence-corrected chi connectivity index (χ4v) is 3.34. The van der Waals surface area contributed by atoms with Gasteiger partial charge in [-0.05, 0) is 35.7 Å². The van der Waals surface area contributed by atoms with E-state index in [9.17, 15) is 0 Å². The van der Waals surface area contributed by atoms with E-state index < -0.39 is 0 Å². The second-order valence-electron chi connectivity index (χ2n) is 6.68. The molecule has 0 fully saturated rings. The van der Waals surface area contributed by atoms with Gasteiger partial charge >= 0.3 is 0 Å². The van der Waals surface area contributed by atoms with Crippen LogP contribution < -0.4 is 16.4 Å². The first-order valence-electron chi connectivity index (χ1n) is 8.72. The highest BCUT2D eigenvalue weighted by atomic mass is 15.3. The Morgan fingerprint density at radius 1 is 0.926 bits per heavy atom. The van der Waals surface area contributed by atoms with Gasteiger partial charge in [0.2, 0.25) is 11.9 Å². The Morgan fingerprint density at radius 3 is 2.44 bits per heavy atom. The van der Waals surface area contributed by atoms with E-state index in [2.05, 4.69) is 70.2 Å². The number of fused-ring (bicyclic) bond motifs is 2. The van der Waals surface area contributed by atoms with Crippen LogP contribution in [-0.4, -0.2) is 27.0 Å². The maximum Gasteiger partial charge on any atom is 0.227 e. The van der Waals surface area contributed by atoms with Crippen LogP contribution in [0.15, 0.2) is 42.6 Å². The minimum Gasteiger partial charge on any atom is -0.383 e. The van der Waals surface area contributed by atoms with Crippen LogP contribution in [0.2, 0.25) is 0 Å². The lowest BCUT2D eigenvalue weighted by Crippen LogP contribution is -2.24. The largest absolute Gasteiger partial charge is 0.383 e. The molecule has 27 heavy (non-hydrogen) atoms. The summed E-state index contributed by atoms with van der Waals surface area (Å²) in [7, 11) is 1.97. The average Bonchev–Trinajstić information content (AvgIpc) is 2.67. The van der Waals surface area contributed by atoms with Crippen LogP contribution >= 0.6 is 0 Å². The Balaban J connectivity index is 1.78. The molecule has 1 atom stereocenters. The van der Waals surface area contributed by atoms with Crippen molar-refractivity contribution < 1.29 is 0 Å². The number of benzene rings is 2. The summed E-state index contributed by atoms with van der Waals surface area (Å²) in [5.74, 6) is 0.936. The summed E-state index contributed by atoms with van der Waals surface area (Å²) in [4.78, 5) is 19.2. The molecule has 2 heterocycles. The molecule has 0 aliphatic rings. The molecule has 0 radical (unpaired) electrons. The molecule has 0 saturated heterocycles. The molecule has 0 saturated carbocycles. The molecule has 136 valence electrons. The predicted molar refractivity (Wildman–Crippen MR) is 109 cm³/mol. The zero-order chi connectivity index (χ0) is 19.1. The normalized spacial score (nSPS) is 12.4. The summed E-state index contributed by atoms with van der Waals surface area (Å²) in [5.41, 5.74) is 14.5. The third-order valence-corrected chi connectivity index (χ3v) is 5.01. The lowest BCUT2D eigenvalue weighted by molar-refractivity contribution is 0.722. The smallest absolute Gasteiger partial charge is 0.227 e. The van der Waals surface area contributed by atoms with Crippen molar-refractivity contribution in [2.75, 3.05) is 23.4 Å². The molecule has 4 aromatic rings. The Kier molecular flexibility index (Phi) is 3.99. The minimum atomic E-state index is 0.0597. The zero-order valence-corrected chi connectivity index (χ0v) is 15.5. The van der Waals surface area contributed by atoms with Crippen molar-refractivity contribution >= 4 is 39.5 Å². The van der Waals surface area contributed by atoms with Crippen molar-refractivity contribution in [2.45, 2.75) is 19.9 Å². The lowest BCUT2D eigenvalue weighted by Gasteiger charge is -2.26. The van der Waals surface area contributed by atoms with E-state index in [1.54, 1.807) is 6.20 Å². The van der Waals surface area contributed by atoms with Gasteiger partial charge < -0.3 is 16.4 Å². The highest BCUT2D eigenvalue weighted by Crippen LogP contribution is 2.31. The van der Waals surface area contributed by atoms with Gasteiger partial charge in [0.05, 0.1) is 11.4 Å². The van der Waals surface area contributed by atoms with Crippen LogP contribution in [0.1, 0.15) is 24.1 Å². The second kappa shape index (κ2) is 6.35. The fourth-order valence-electron chi connectivity index (χ4n) is 3.34. The molecule has 0 bridgehead atoms. The molecule has 4 rings (SSSR count). The maximum absolute atomic E-state index is 5.89. The van der Waals surface area contributed by atoms with Crippen LogP contribution in [0, 0.1) is 6.92 Å². The number of aryl methyl sites for hydroxylation is 1. The quantitative estimate of drug-likeness (QED) is 0.578. The Labute approximate surface area is 157 Å².